The molecule has 0 unspecified atom stereocenters. The number of thiazole rings is 1. The van der Waals surface area contributed by atoms with Gasteiger partial charge in [0.05, 0.1) is 15.9 Å². The second-order valence-corrected chi connectivity index (χ2v) is 17.5. The second-order valence-electron chi connectivity index (χ2n) is 15.5. The molecule has 0 aliphatic carbocycles. The summed E-state index contributed by atoms with van der Waals surface area (Å²) in [5.74, 6) is 0. The van der Waals surface area contributed by atoms with Crippen molar-refractivity contribution in [2.75, 3.05) is 4.90 Å². The quantitative estimate of drug-likeness (QED) is 0.159. The van der Waals surface area contributed by atoms with E-state index in [-0.39, 0.29) is 0 Å². The third kappa shape index (κ3) is 6.11. The van der Waals surface area contributed by atoms with E-state index in [4.69, 9.17) is 4.98 Å². The molecular weight excluding hydrogens is 777 g/mol. The SMILES string of the molecule is c1ccc(-c2ccc(N(c3ccc(-c4c5sc(-c6ccccc6)nc5cc5sc6ccccc6c45)cc3)c3ccc(-c4cccc5ccccc45)c4ccccc34)cc2)cc1. The second kappa shape index (κ2) is 14.7. The first-order valence-corrected chi connectivity index (χ1v) is 22.2. The molecule has 0 N–H and O–H groups in total. The molecule has 0 bridgehead atoms. The van der Waals surface area contributed by atoms with Crippen molar-refractivity contribution in [2.45, 2.75) is 0 Å². The molecule has 0 aliphatic rings. The first kappa shape index (κ1) is 35.6. The van der Waals surface area contributed by atoms with E-state index in [1.165, 1.54) is 79.8 Å². The summed E-state index contributed by atoms with van der Waals surface area (Å²) in [6, 6.07) is 79.3. The molecule has 0 fully saturated rings. The summed E-state index contributed by atoms with van der Waals surface area (Å²) in [6.45, 7) is 0. The first-order valence-electron chi connectivity index (χ1n) is 20.6. The number of fused-ring (bicyclic) bond motifs is 6. The van der Waals surface area contributed by atoms with Gasteiger partial charge in [0, 0.05) is 48.1 Å². The first-order chi connectivity index (χ1) is 30.2. The molecule has 2 heterocycles. The Kier molecular flexibility index (Phi) is 8.58. The highest BCUT2D eigenvalue weighted by Gasteiger charge is 2.22. The number of hydrogen-bond donors (Lipinski definition) is 0. The van der Waals surface area contributed by atoms with Crippen molar-refractivity contribution in [2.24, 2.45) is 0 Å². The van der Waals surface area contributed by atoms with Crippen LogP contribution in [0.15, 0.2) is 218 Å². The molecule has 0 atom stereocenters. The van der Waals surface area contributed by atoms with Crippen molar-refractivity contribution in [3.63, 3.8) is 0 Å². The minimum absolute atomic E-state index is 1.04. The zero-order chi connectivity index (χ0) is 40.3. The van der Waals surface area contributed by atoms with E-state index in [9.17, 15) is 0 Å². The molecule has 12 rings (SSSR count). The van der Waals surface area contributed by atoms with Gasteiger partial charge >= 0.3 is 0 Å². The van der Waals surface area contributed by atoms with Crippen LogP contribution in [0.1, 0.15) is 0 Å². The van der Waals surface area contributed by atoms with E-state index >= 15 is 0 Å². The van der Waals surface area contributed by atoms with E-state index in [1.807, 2.05) is 11.3 Å². The van der Waals surface area contributed by atoms with Gasteiger partial charge in [0.1, 0.15) is 5.01 Å². The Labute approximate surface area is 361 Å². The molecule has 12 aromatic rings. The smallest absolute Gasteiger partial charge is 0.124 e. The number of rotatable bonds is 7. The number of thiophene rings is 1. The van der Waals surface area contributed by atoms with E-state index < -0.39 is 0 Å². The van der Waals surface area contributed by atoms with Crippen LogP contribution in [0.25, 0.3) is 95.9 Å². The highest BCUT2D eigenvalue weighted by Crippen LogP contribution is 2.49. The summed E-state index contributed by atoms with van der Waals surface area (Å²) in [5.41, 5.74) is 12.8. The molecule has 0 spiro atoms. The molecular formula is C57H36N2S2. The van der Waals surface area contributed by atoms with E-state index in [2.05, 4.69) is 223 Å². The summed E-state index contributed by atoms with van der Waals surface area (Å²) >= 11 is 3.64. The summed E-state index contributed by atoms with van der Waals surface area (Å²) in [7, 11) is 0. The van der Waals surface area contributed by atoms with Crippen molar-refractivity contribution in [1.29, 1.82) is 0 Å². The fourth-order valence-electron chi connectivity index (χ4n) is 9.06. The molecule has 4 heteroatoms. The number of aromatic nitrogens is 1. The van der Waals surface area contributed by atoms with Crippen molar-refractivity contribution in [1.82, 2.24) is 4.98 Å². The lowest BCUT2D eigenvalue weighted by atomic mass is 9.93. The van der Waals surface area contributed by atoms with Crippen LogP contribution in [-0.2, 0) is 0 Å². The molecule has 0 amide bonds. The molecule has 61 heavy (non-hydrogen) atoms. The van der Waals surface area contributed by atoms with Gasteiger partial charge in [-0.3, -0.25) is 0 Å². The van der Waals surface area contributed by atoms with Gasteiger partial charge in [-0.05, 0) is 86.4 Å². The van der Waals surface area contributed by atoms with E-state index in [1.54, 1.807) is 11.3 Å². The fraction of sp³-hybridized carbons (Fsp3) is 0. The number of benzene rings is 10. The zero-order valence-corrected chi connectivity index (χ0v) is 34.6. The van der Waals surface area contributed by atoms with E-state index in [0.29, 0.717) is 0 Å². The highest BCUT2D eigenvalue weighted by molar-refractivity contribution is 7.26. The van der Waals surface area contributed by atoms with Gasteiger partial charge in [-0.2, -0.15) is 0 Å². The van der Waals surface area contributed by atoms with E-state index in [0.717, 1.165) is 33.1 Å². The number of nitrogens with zero attached hydrogens (tertiary/aromatic N) is 2. The van der Waals surface area contributed by atoms with Crippen LogP contribution >= 0.6 is 22.7 Å². The van der Waals surface area contributed by atoms with Crippen molar-refractivity contribution >= 4 is 91.7 Å². The summed E-state index contributed by atoms with van der Waals surface area (Å²) in [4.78, 5) is 7.66. The topological polar surface area (TPSA) is 16.1 Å². The van der Waals surface area contributed by atoms with Gasteiger partial charge in [0.2, 0.25) is 0 Å². The molecule has 0 aliphatic heterocycles. The van der Waals surface area contributed by atoms with Crippen molar-refractivity contribution in [3.8, 4) is 44.0 Å². The third-order valence-corrected chi connectivity index (χ3v) is 14.2. The molecule has 2 nitrogen and oxygen atoms in total. The van der Waals surface area contributed by atoms with Gasteiger partial charge in [-0.15, -0.1) is 22.7 Å². The summed E-state index contributed by atoms with van der Waals surface area (Å²) in [5, 5.41) is 8.54. The maximum atomic E-state index is 5.24. The lowest BCUT2D eigenvalue weighted by Crippen LogP contribution is -2.10. The van der Waals surface area contributed by atoms with Gasteiger partial charge < -0.3 is 4.90 Å². The predicted octanol–water partition coefficient (Wildman–Crippen LogP) is 17.1. The maximum Gasteiger partial charge on any atom is 0.124 e. The summed E-state index contributed by atoms with van der Waals surface area (Å²) in [6.07, 6.45) is 0. The van der Waals surface area contributed by atoms with Gasteiger partial charge in [0.15, 0.2) is 0 Å². The van der Waals surface area contributed by atoms with Crippen LogP contribution in [0.3, 0.4) is 0 Å². The minimum atomic E-state index is 1.04. The van der Waals surface area contributed by atoms with Crippen LogP contribution in [0.2, 0.25) is 0 Å². The predicted molar refractivity (Wildman–Crippen MR) is 264 cm³/mol. The largest absolute Gasteiger partial charge is 0.310 e. The molecule has 0 saturated carbocycles. The molecule has 286 valence electrons. The Hall–Kier alpha value is -7.37. The minimum Gasteiger partial charge on any atom is -0.310 e. The molecule has 0 radical (unpaired) electrons. The van der Waals surface area contributed by atoms with Crippen LogP contribution in [0.4, 0.5) is 17.1 Å². The Morgan fingerprint density at radius 3 is 1.70 bits per heavy atom. The number of anilines is 3. The lowest BCUT2D eigenvalue weighted by Gasteiger charge is -2.28. The van der Waals surface area contributed by atoms with Crippen molar-refractivity contribution in [3.05, 3.63) is 218 Å². The zero-order valence-electron chi connectivity index (χ0n) is 33.0. The Bertz CT molecular complexity index is 3560. The lowest BCUT2D eigenvalue weighted by molar-refractivity contribution is 1.30. The van der Waals surface area contributed by atoms with Gasteiger partial charge in [-0.25, -0.2) is 4.98 Å². The summed E-state index contributed by atoms with van der Waals surface area (Å²) < 4.78 is 3.77. The fourth-order valence-corrected chi connectivity index (χ4v) is 11.3. The normalized spacial score (nSPS) is 11.6. The standard InChI is InChI=1S/C57H36N2S2/c1-3-14-37(15-4-1)38-26-30-42(31-27-38)59(51-35-34-47(46-21-9-10-22-48(46)51)45-24-13-19-39-16-7-8-20-44(39)45)43-32-28-40(29-33-43)54-55-49-23-11-12-25-52(49)60-53(55)36-50-56(54)61-57(58-50)41-17-5-2-6-18-41/h1-36H. The van der Waals surface area contributed by atoms with Crippen LogP contribution in [-0.4, -0.2) is 4.98 Å². The third-order valence-electron chi connectivity index (χ3n) is 11.9. The number of hydrogen-bond acceptors (Lipinski definition) is 4. The van der Waals surface area contributed by atoms with Crippen molar-refractivity contribution < 1.29 is 0 Å². The van der Waals surface area contributed by atoms with Crippen LogP contribution in [0.5, 0.6) is 0 Å². The molecule has 0 saturated heterocycles. The average molecular weight is 813 g/mol. The van der Waals surface area contributed by atoms with Gasteiger partial charge in [-0.1, -0.05) is 176 Å². The van der Waals surface area contributed by atoms with Gasteiger partial charge in [0.25, 0.3) is 0 Å². The molecule has 2 aromatic heterocycles. The average Bonchev–Trinajstić information content (AvgIpc) is 3.93. The highest BCUT2D eigenvalue weighted by atomic mass is 32.1. The van der Waals surface area contributed by atoms with Crippen LogP contribution < -0.4 is 4.90 Å². The Morgan fingerprint density at radius 2 is 0.951 bits per heavy atom. The Morgan fingerprint density at radius 1 is 0.377 bits per heavy atom. The van der Waals surface area contributed by atoms with Crippen LogP contribution in [0, 0.1) is 0 Å². The Balaban J connectivity index is 1.05. The maximum absolute atomic E-state index is 5.24. The molecule has 10 aromatic carbocycles. The monoisotopic (exact) mass is 812 g/mol.